The van der Waals surface area contributed by atoms with E-state index in [-0.39, 0.29) is 0 Å². The molecule has 3 rings (SSSR count). The highest BCUT2D eigenvalue weighted by Gasteiger charge is 2.17. The summed E-state index contributed by atoms with van der Waals surface area (Å²) in [4.78, 5) is 4.41. The number of nitrogens with zero attached hydrogens (tertiary/aromatic N) is 4. The molecule has 0 unspecified atom stereocenters. The topological polar surface area (TPSA) is 74.8 Å². The van der Waals surface area contributed by atoms with Crippen LogP contribution in [0.3, 0.4) is 0 Å². The molecule has 94 valence electrons. The first kappa shape index (κ1) is 10.9. The second-order valence-corrected chi connectivity index (χ2v) is 4.28. The van der Waals surface area contributed by atoms with E-state index < -0.39 is 0 Å². The van der Waals surface area contributed by atoms with Gasteiger partial charge < -0.3 is 10.2 Å². The maximum atomic E-state index is 5.99. The van der Waals surface area contributed by atoms with Crippen molar-refractivity contribution in [1.29, 1.82) is 0 Å². The molecule has 0 aromatic carbocycles. The van der Waals surface area contributed by atoms with E-state index in [1.807, 2.05) is 22.4 Å². The fourth-order valence-corrected chi connectivity index (χ4v) is 2.22. The maximum Gasteiger partial charge on any atom is 0.202 e. The van der Waals surface area contributed by atoms with Gasteiger partial charge in [0, 0.05) is 12.6 Å². The van der Waals surface area contributed by atoms with Crippen molar-refractivity contribution >= 4 is 17.1 Å². The molecule has 0 bridgehead atoms. The zero-order valence-electron chi connectivity index (χ0n) is 10.4. The number of aryl methyl sites for hydroxylation is 2. The predicted molar refractivity (Wildman–Crippen MR) is 68.1 cm³/mol. The van der Waals surface area contributed by atoms with Crippen molar-refractivity contribution in [3.05, 3.63) is 29.9 Å². The largest absolute Gasteiger partial charge is 0.472 e. The average molecular weight is 245 g/mol. The highest BCUT2D eigenvalue weighted by molar-refractivity contribution is 5.77. The van der Waals surface area contributed by atoms with E-state index in [0.717, 1.165) is 28.8 Å². The van der Waals surface area contributed by atoms with E-state index in [4.69, 9.17) is 10.2 Å². The third kappa shape index (κ3) is 1.49. The first-order valence-corrected chi connectivity index (χ1v) is 5.89. The molecular formula is C12H15N5O. The van der Waals surface area contributed by atoms with E-state index in [9.17, 15) is 0 Å². The fraction of sp³-hybridized carbons (Fsp3) is 0.333. The number of fused-ring (bicyclic) bond motifs is 1. The van der Waals surface area contributed by atoms with Gasteiger partial charge in [0.1, 0.15) is 5.52 Å². The second-order valence-electron chi connectivity index (χ2n) is 4.28. The van der Waals surface area contributed by atoms with Crippen LogP contribution in [0, 0.1) is 0 Å². The summed E-state index contributed by atoms with van der Waals surface area (Å²) in [5, 5.41) is 4.45. The second kappa shape index (κ2) is 3.90. The third-order valence-corrected chi connectivity index (χ3v) is 3.08. The van der Waals surface area contributed by atoms with Crippen molar-refractivity contribution < 1.29 is 4.42 Å². The Morgan fingerprint density at radius 1 is 1.44 bits per heavy atom. The molecule has 0 aliphatic heterocycles. The summed E-state index contributed by atoms with van der Waals surface area (Å²) in [5.41, 5.74) is 9.86. The van der Waals surface area contributed by atoms with Crippen LogP contribution in [0.5, 0.6) is 0 Å². The van der Waals surface area contributed by atoms with Crippen LogP contribution in [-0.2, 0) is 20.0 Å². The van der Waals surface area contributed by atoms with E-state index in [0.29, 0.717) is 12.5 Å². The van der Waals surface area contributed by atoms with Crippen LogP contribution in [0.15, 0.2) is 23.0 Å². The van der Waals surface area contributed by atoms with Crippen molar-refractivity contribution in [3.8, 4) is 0 Å². The predicted octanol–water partition coefficient (Wildman–Crippen LogP) is 1.56. The summed E-state index contributed by atoms with van der Waals surface area (Å²) in [6, 6.07) is 1.92. The van der Waals surface area contributed by atoms with Crippen LogP contribution < -0.4 is 5.73 Å². The van der Waals surface area contributed by atoms with E-state index in [1.165, 1.54) is 0 Å². The lowest BCUT2D eigenvalue weighted by Gasteiger charge is -2.04. The monoisotopic (exact) mass is 245 g/mol. The number of nitrogens with two attached hydrogens (primary N) is 1. The molecule has 0 atom stereocenters. The molecule has 0 amide bonds. The standard InChI is InChI=1S/C12H15N5O/c1-3-9-10-11(16(2)15-9)17(12(13)14-10)6-8-4-5-18-7-8/h4-5,7H,3,6H2,1-2H3,(H2,13,14). The Hall–Kier alpha value is -2.24. The molecule has 0 aliphatic rings. The summed E-state index contributed by atoms with van der Waals surface area (Å²) >= 11 is 0. The Balaban J connectivity index is 2.16. The zero-order valence-corrected chi connectivity index (χ0v) is 10.4. The van der Waals surface area contributed by atoms with Gasteiger partial charge in [0.05, 0.1) is 24.8 Å². The number of rotatable bonds is 3. The van der Waals surface area contributed by atoms with Gasteiger partial charge in [-0.05, 0) is 12.5 Å². The van der Waals surface area contributed by atoms with Crippen LogP contribution in [0.4, 0.5) is 5.95 Å². The lowest BCUT2D eigenvalue weighted by atomic mass is 10.3. The van der Waals surface area contributed by atoms with Gasteiger partial charge in [-0.25, -0.2) is 4.98 Å². The smallest absolute Gasteiger partial charge is 0.202 e. The minimum absolute atomic E-state index is 0.508. The molecule has 6 nitrogen and oxygen atoms in total. The van der Waals surface area contributed by atoms with Crippen LogP contribution in [0.2, 0.25) is 0 Å². The summed E-state index contributed by atoms with van der Waals surface area (Å²) in [5.74, 6) is 0.508. The maximum absolute atomic E-state index is 5.99. The number of nitrogen functional groups attached to an aromatic ring is 1. The average Bonchev–Trinajstić information content (AvgIpc) is 3.01. The van der Waals surface area contributed by atoms with Gasteiger partial charge in [0.25, 0.3) is 0 Å². The molecule has 0 fully saturated rings. The van der Waals surface area contributed by atoms with Gasteiger partial charge >= 0.3 is 0 Å². The summed E-state index contributed by atoms with van der Waals surface area (Å²) in [6.45, 7) is 2.70. The molecule has 0 spiro atoms. The minimum Gasteiger partial charge on any atom is -0.472 e. The molecular weight excluding hydrogens is 230 g/mol. The molecule has 18 heavy (non-hydrogen) atoms. The molecule has 6 heteroatoms. The van der Waals surface area contributed by atoms with Gasteiger partial charge in [-0.3, -0.25) is 9.25 Å². The molecule has 3 heterocycles. The molecule has 0 saturated heterocycles. The number of imidazole rings is 1. The zero-order chi connectivity index (χ0) is 12.7. The lowest BCUT2D eigenvalue weighted by molar-refractivity contribution is 0.562. The number of hydrogen-bond acceptors (Lipinski definition) is 4. The van der Waals surface area contributed by atoms with Crippen molar-refractivity contribution in [1.82, 2.24) is 19.3 Å². The van der Waals surface area contributed by atoms with Crippen LogP contribution in [0.1, 0.15) is 18.2 Å². The van der Waals surface area contributed by atoms with E-state index >= 15 is 0 Å². The van der Waals surface area contributed by atoms with Crippen molar-refractivity contribution in [2.75, 3.05) is 5.73 Å². The van der Waals surface area contributed by atoms with Crippen LogP contribution in [-0.4, -0.2) is 19.3 Å². The van der Waals surface area contributed by atoms with Crippen molar-refractivity contribution in [2.24, 2.45) is 7.05 Å². The fourth-order valence-electron chi connectivity index (χ4n) is 2.22. The highest BCUT2D eigenvalue weighted by atomic mass is 16.3. The summed E-state index contributed by atoms with van der Waals surface area (Å²) in [6.07, 6.45) is 4.21. The van der Waals surface area contributed by atoms with Crippen molar-refractivity contribution in [3.63, 3.8) is 0 Å². The van der Waals surface area contributed by atoms with Crippen LogP contribution >= 0.6 is 0 Å². The molecule has 3 aromatic rings. The SMILES string of the molecule is CCc1nn(C)c2c1nc(N)n2Cc1ccoc1. The molecule has 0 saturated carbocycles. The van der Waals surface area contributed by atoms with Gasteiger partial charge in [-0.1, -0.05) is 6.92 Å². The minimum atomic E-state index is 0.508. The summed E-state index contributed by atoms with van der Waals surface area (Å²) in [7, 11) is 1.91. The van der Waals surface area contributed by atoms with Gasteiger partial charge in [0.2, 0.25) is 5.95 Å². The highest BCUT2D eigenvalue weighted by Crippen LogP contribution is 2.22. The lowest BCUT2D eigenvalue weighted by Crippen LogP contribution is -2.07. The third-order valence-electron chi connectivity index (χ3n) is 3.08. The molecule has 3 aromatic heterocycles. The summed E-state index contributed by atoms with van der Waals surface area (Å²) < 4.78 is 8.86. The van der Waals surface area contributed by atoms with Gasteiger partial charge in [0.15, 0.2) is 5.65 Å². The quantitative estimate of drug-likeness (QED) is 0.759. The Morgan fingerprint density at radius 3 is 2.94 bits per heavy atom. The number of anilines is 1. The molecule has 0 radical (unpaired) electrons. The van der Waals surface area contributed by atoms with E-state index in [2.05, 4.69) is 17.0 Å². The number of furan rings is 1. The Labute approximate surface area is 104 Å². The first-order chi connectivity index (χ1) is 8.70. The Kier molecular flexibility index (Phi) is 2.36. The van der Waals surface area contributed by atoms with Gasteiger partial charge in [-0.15, -0.1) is 0 Å². The van der Waals surface area contributed by atoms with Gasteiger partial charge in [-0.2, -0.15) is 5.10 Å². The van der Waals surface area contributed by atoms with E-state index in [1.54, 1.807) is 12.5 Å². The molecule has 2 N–H and O–H groups in total. The normalized spacial score (nSPS) is 11.4. The first-order valence-electron chi connectivity index (χ1n) is 5.89. The van der Waals surface area contributed by atoms with Crippen LogP contribution in [0.25, 0.3) is 11.2 Å². The van der Waals surface area contributed by atoms with Crippen molar-refractivity contribution in [2.45, 2.75) is 19.9 Å². The Bertz CT molecular complexity index is 677. The molecule has 0 aliphatic carbocycles. The Morgan fingerprint density at radius 2 is 2.28 bits per heavy atom. The number of hydrogen-bond donors (Lipinski definition) is 1. The number of aromatic nitrogens is 4.